The zero-order chi connectivity index (χ0) is 44.1. The van der Waals surface area contributed by atoms with Crippen molar-refractivity contribution >= 4 is 45.4 Å². The summed E-state index contributed by atoms with van der Waals surface area (Å²) in [5.41, 5.74) is 5.01. The minimum absolute atomic E-state index is 0.138. The number of hydrogen-bond acceptors (Lipinski definition) is 4. The molecule has 56 heavy (non-hydrogen) atoms. The third-order valence-electron chi connectivity index (χ3n) is 11.0. The van der Waals surface area contributed by atoms with Gasteiger partial charge in [-0.2, -0.15) is 0 Å². The molecule has 0 spiro atoms. The number of Topliss-reactive ketones (excluding diaryl/α,β-unsaturated/α-hetero) is 4. The number of fused-ring (bicyclic) bond motifs is 2. The van der Waals surface area contributed by atoms with Crippen molar-refractivity contribution in [3.8, 4) is 0 Å². The van der Waals surface area contributed by atoms with E-state index in [2.05, 4.69) is 107 Å². The van der Waals surface area contributed by atoms with Gasteiger partial charge in [0.15, 0.2) is 0 Å². The zero-order valence-electron chi connectivity index (χ0n) is 39.9. The van der Waals surface area contributed by atoms with Gasteiger partial charge in [-0.3, -0.25) is 19.2 Å². The molecule has 2 aliphatic carbocycles. The van der Waals surface area contributed by atoms with E-state index in [0.717, 1.165) is 43.1 Å². The molecule has 0 saturated carbocycles. The first-order chi connectivity index (χ1) is 24.6. The van der Waals surface area contributed by atoms with Gasteiger partial charge in [0, 0.05) is 22.3 Å². The predicted molar refractivity (Wildman–Crippen MR) is 238 cm³/mol. The number of carbonyl (C=O) groups is 4. The molecule has 0 N–H and O–H groups in total. The topological polar surface area (TPSA) is 68.3 Å². The highest BCUT2D eigenvalue weighted by atomic mass is 16.2. The van der Waals surface area contributed by atoms with Crippen molar-refractivity contribution in [3.05, 3.63) is 67.4 Å². The highest BCUT2D eigenvalue weighted by molar-refractivity contribution is 6.64. The highest BCUT2D eigenvalue weighted by Crippen LogP contribution is 2.38. The molecule has 4 heteroatoms. The van der Waals surface area contributed by atoms with E-state index in [1.165, 1.54) is 0 Å². The van der Waals surface area contributed by atoms with Crippen LogP contribution in [0.3, 0.4) is 0 Å². The molecule has 0 bridgehead atoms. The van der Waals surface area contributed by atoms with E-state index < -0.39 is 21.7 Å². The van der Waals surface area contributed by atoms with Crippen LogP contribution in [0.5, 0.6) is 0 Å². The first-order valence-electron chi connectivity index (χ1n) is 20.6. The Labute approximate surface area is 340 Å². The van der Waals surface area contributed by atoms with Crippen LogP contribution in [0.1, 0.15) is 188 Å². The molecule has 4 nitrogen and oxygen atoms in total. The molecule has 0 aromatic heterocycles. The maximum absolute atomic E-state index is 13.4. The van der Waals surface area contributed by atoms with Crippen LogP contribution in [0.25, 0.3) is 22.3 Å². The summed E-state index contributed by atoms with van der Waals surface area (Å²) >= 11 is 0. The molecule has 2 aliphatic rings. The van der Waals surface area contributed by atoms with Gasteiger partial charge in [0.2, 0.25) is 23.1 Å². The lowest BCUT2D eigenvalue weighted by molar-refractivity contribution is -0.130. The van der Waals surface area contributed by atoms with Crippen molar-refractivity contribution in [1.82, 2.24) is 0 Å². The minimum atomic E-state index is -0.415. The predicted octanol–water partition coefficient (Wildman–Crippen LogP) is 9.65. The fourth-order valence-corrected chi connectivity index (χ4v) is 8.51. The van der Waals surface area contributed by atoms with Crippen LogP contribution in [0.4, 0.5) is 0 Å². The van der Waals surface area contributed by atoms with Crippen LogP contribution in [0, 0.1) is 21.7 Å². The van der Waals surface area contributed by atoms with E-state index in [1.807, 2.05) is 83.1 Å². The SMILES string of the molecule is CC(C)(C)C1=c2c(C(C)(C)C)ccc(C(C)(C)C)c2=C(C(C)(C)C)C(=O)C1=O.CC(C)(C)C1=c2c(C(C)(C)C)ccc(C(C)(C)C)c2=C(C(C)(C)C)C(=O)C1=O. The Morgan fingerprint density at radius 2 is 0.357 bits per heavy atom. The largest absolute Gasteiger partial charge is 0.285 e. The molecule has 308 valence electrons. The van der Waals surface area contributed by atoms with Crippen molar-refractivity contribution < 1.29 is 19.2 Å². The van der Waals surface area contributed by atoms with Crippen LogP contribution in [0.2, 0.25) is 0 Å². The average molecular weight is 765 g/mol. The summed E-state index contributed by atoms with van der Waals surface area (Å²) in [4.78, 5) is 53.7. The van der Waals surface area contributed by atoms with Gasteiger partial charge in [0.05, 0.1) is 0 Å². The number of ketones is 4. The Hall–Kier alpha value is -3.40. The first kappa shape index (κ1) is 47.0. The van der Waals surface area contributed by atoms with E-state index in [9.17, 15) is 19.2 Å². The Bertz CT molecular complexity index is 1920. The Kier molecular flexibility index (Phi) is 11.9. The summed E-state index contributed by atoms with van der Waals surface area (Å²) in [5.74, 6) is -1.33. The molecule has 2 aromatic rings. The molecular weight excluding hydrogens is 689 g/mol. The minimum Gasteiger partial charge on any atom is -0.285 e. The molecule has 0 amide bonds. The third kappa shape index (κ3) is 8.85. The van der Waals surface area contributed by atoms with E-state index in [0.29, 0.717) is 22.3 Å². The summed E-state index contributed by atoms with van der Waals surface area (Å²) in [7, 11) is 0. The Morgan fingerprint density at radius 1 is 0.232 bits per heavy atom. The van der Waals surface area contributed by atoms with Gasteiger partial charge < -0.3 is 0 Å². The fourth-order valence-electron chi connectivity index (χ4n) is 8.51. The molecule has 0 radical (unpaired) electrons. The molecule has 2 aromatic carbocycles. The third-order valence-corrected chi connectivity index (χ3v) is 11.0. The van der Waals surface area contributed by atoms with E-state index in [-0.39, 0.29) is 44.8 Å². The van der Waals surface area contributed by atoms with Gasteiger partial charge in [-0.05, 0) is 86.4 Å². The van der Waals surface area contributed by atoms with Crippen LogP contribution < -0.4 is 20.9 Å². The van der Waals surface area contributed by atoms with Gasteiger partial charge in [-0.1, -0.05) is 190 Å². The quantitative estimate of drug-likeness (QED) is 0.251. The summed E-state index contributed by atoms with van der Waals surface area (Å²) in [6, 6.07) is 8.70. The number of benzene rings is 2. The Morgan fingerprint density at radius 3 is 0.446 bits per heavy atom. The lowest BCUT2D eigenvalue weighted by Crippen LogP contribution is -2.52. The molecule has 0 atom stereocenters. The van der Waals surface area contributed by atoms with Gasteiger partial charge >= 0.3 is 0 Å². The van der Waals surface area contributed by atoms with Gasteiger partial charge in [0.25, 0.3) is 0 Å². The molecule has 0 fully saturated rings. The summed E-state index contributed by atoms with van der Waals surface area (Å²) in [6.45, 7) is 50.6. The van der Waals surface area contributed by atoms with Gasteiger partial charge in [0.1, 0.15) is 0 Å². The average Bonchev–Trinajstić information content (AvgIpc) is 2.92. The van der Waals surface area contributed by atoms with Crippen molar-refractivity contribution in [2.24, 2.45) is 21.7 Å². The second kappa shape index (κ2) is 14.2. The van der Waals surface area contributed by atoms with E-state index in [1.54, 1.807) is 0 Å². The lowest BCUT2D eigenvalue weighted by Gasteiger charge is -2.35. The fraction of sp³-hybridized carbons (Fsp3) is 0.615. The molecular formula is C52H76O4. The number of carbonyl (C=O) groups excluding carboxylic acids is 4. The lowest BCUT2D eigenvalue weighted by atomic mass is 9.67. The standard InChI is InChI=1S/2C26H38O2/c2*1-23(2,3)15-13-14-16(24(4,5)6)18-17(15)19(25(7,8)9)21(27)22(28)20(18)26(10,11)12/h2*13-14H,1-12H3. The normalized spacial score (nSPS) is 16.6. The maximum atomic E-state index is 13.4. The van der Waals surface area contributed by atoms with Gasteiger partial charge in [-0.25, -0.2) is 0 Å². The maximum Gasteiger partial charge on any atom is 0.230 e. The number of rotatable bonds is 0. The van der Waals surface area contributed by atoms with Crippen molar-refractivity contribution in [3.63, 3.8) is 0 Å². The summed E-state index contributed by atoms with van der Waals surface area (Å²) in [6.07, 6.45) is 0. The van der Waals surface area contributed by atoms with Crippen LogP contribution >= 0.6 is 0 Å². The van der Waals surface area contributed by atoms with Crippen LogP contribution in [-0.4, -0.2) is 23.1 Å². The molecule has 0 heterocycles. The van der Waals surface area contributed by atoms with Crippen molar-refractivity contribution in [2.45, 2.75) is 188 Å². The molecule has 0 saturated heterocycles. The van der Waals surface area contributed by atoms with Crippen molar-refractivity contribution in [1.29, 1.82) is 0 Å². The highest BCUT2D eigenvalue weighted by Gasteiger charge is 2.43. The summed E-state index contributed by atoms with van der Waals surface area (Å²) < 4.78 is 0. The second-order valence-corrected chi connectivity index (χ2v) is 24.6. The molecule has 0 unspecified atom stereocenters. The van der Waals surface area contributed by atoms with Crippen LogP contribution in [0.15, 0.2) is 24.3 Å². The monoisotopic (exact) mass is 765 g/mol. The van der Waals surface area contributed by atoms with E-state index in [4.69, 9.17) is 0 Å². The van der Waals surface area contributed by atoms with Crippen LogP contribution in [-0.2, 0) is 40.8 Å². The van der Waals surface area contributed by atoms with E-state index >= 15 is 0 Å². The zero-order valence-corrected chi connectivity index (χ0v) is 39.9. The number of hydrogen-bond donors (Lipinski definition) is 0. The van der Waals surface area contributed by atoms with Gasteiger partial charge in [-0.15, -0.1) is 0 Å². The Balaban J connectivity index is 0.000000300. The molecule has 0 aliphatic heterocycles. The smallest absolute Gasteiger partial charge is 0.230 e. The van der Waals surface area contributed by atoms with Crippen molar-refractivity contribution in [2.75, 3.05) is 0 Å². The second-order valence-electron chi connectivity index (χ2n) is 24.6. The molecule has 4 rings (SSSR count). The summed E-state index contributed by atoms with van der Waals surface area (Å²) in [5, 5.41) is 4.01. The first-order valence-corrected chi connectivity index (χ1v) is 20.6.